The Morgan fingerprint density at radius 3 is 2.73 bits per heavy atom. The van der Waals surface area contributed by atoms with Gasteiger partial charge in [0.1, 0.15) is 5.82 Å². The zero-order chi connectivity index (χ0) is 21.5. The summed E-state index contributed by atoms with van der Waals surface area (Å²) in [6.07, 6.45) is -2.52. The van der Waals surface area contributed by atoms with E-state index in [4.69, 9.17) is 9.47 Å². The summed E-state index contributed by atoms with van der Waals surface area (Å²) in [5.74, 6) is 1.79. The van der Waals surface area contributed by atoms with Gasteiger partial charge >= 0.3 is 6.18 Å². The molecule has 3 heterocycles. The van der Waals surface area contributed by atoms with E-state index in [1.165, 1.54) is 0 Å². The van der Waals surface area contributed by atoms with Crippen LogP contribution in [0.4, 0.5) is 19.0 Å². The van der Waals surface area contributed by atoms with Crippen LogP contribution < -0.4 is 14.8 Å². The van der Waals surface area contributed by atoms with Gasteiger partial charge in [0.2, 0.25) is 0 Å². The van der Waals surface area contributed by atoms with Crippen LogP contribution in [0.3, 0.4) is 0 Å². The van der Waals surface area contributed by atoms with Crippen molar-refractivity contribution in [1.82, 2.24) is 14.7 Å². The number of nitrogens with one attached hydrogen (secondary N) is 1. The number of nitrogens with zero attached hydrogens (tertiary/aromatic N) is 3. The number of hydrogen-bond donors (Lipinski definition) is 1. The number of rotatable bonds is 5. The topological polar surface area (TPSA) is 51.5 Å². The molecule has 1 saturated heterocycles. The summed E-state index contributed by atoms with van der Waals surface area (Å²) in [6.45, 7) is 3.23. The Kier molecular flexibility index (Phi) is 5.57. The summed E-state index contributed by atoms with van der Waals surface area (Å²) in [7, 11) is 3.21. The monoisotopic (exact) mass is 424 g/mol. The normalized spacial score (nSPS) is 24.4. The fourth-order valence-corrected chi connectivity index (χ4v) is 4.59. The second kappa shape index (κ2) is 8.02. The maximum absolute atomic E-state index is 13.6. The van der Waals surface area contributed by atoms with Gasteiger partial charge in [-0.15, -0.1) is 0 Å². The van der Waals surface area contributed by atoms with Crippen molar-refractivity contribution in [2.75, 3.05) is 26.1 Å². The molecule has 1 fully saturated rings. The van der Waals surface area contributed by atoms with Crippen LogP contribution >= 0.6 is 0 Å². The van der Waals surface area contributed by atoms with Crippen LogP contribution in [0.2, 0.25) is 0 Å². The highest BCUT2D eigenvalue weighted by molar-refractivity contribution is 5.47. The molecule has 9 heteroatoms. The number of methoxy groups -OCH3 is 2. The summed E-state index contributed by atoms with van der Waals surface area (Å²) in [5, 5.41) is 7.57. The third-order valence-corrected chi connectivity index (χ3v) is 5.96. The minimum Gasteiger partial charge on any atom is -0.493 e. The van der Waals surface area contributed by atoms with Gasteiger partial charge in [-0.2, -0.15) is 18.3 Å². The number of likely N-dealkylation sites (tertiary alicyclic amines) is 1. The van der Waals surface area contributed by atoms with Crippen LogP contribution in [-0.2, 0) is 6.54 Å². The fraction of sp³-hybridized carbons (Fsp3) is 0.571. The molecule has 1 aromatic heterocycles. The first-order chi connectivity index (χ1) is 14.3. The van der Waals surface area contributed by atoms with Crippen LogP contribution in [-0.4, -0.2) is 47.7 Å². The first-order valence-electron chi connectivity index (χ1n) is 10.2. The smallest absolute Gasteiger partial charge is 0.410 e. The quantitative estimate of drug-likeness (QED) is 0.764. The predicted molar refractivity (Wildman–Crippen MR) is 107 cm³/mol. The molecule has 1 N–H and O–H groups in total. The van der Waals surface area contributed by atoms with Gasteiger partial charge in [-0.3, -0.25) is 4.90 Å². The summed E-state index contributed by atoms with van der Waals surface area (Å²) in [5.41, 5.74) is 1.66. The Labute approximate surface area is 173 Å². The van der Waals surface area contributed by atoms with E-state index < -0.39 is 12.2 Å². The summed E-state index contributed by atoms with van der Waals surface area (Å²) >= 11 is 0. The lowest BCUT2D eigenvalue weighted by atomic mass is 10.1. The Balaban J connectivity index is 1.61. The van der Waals surface area contributed by atoms with Gasteiger partial charge in [-0.25, -0.2) is 4.68 Å². The molecule has 1 aromatic carbocycles. The number of benzene rings is 1. The molecule has 0 aliphatic carbocycles. The van der Waals surface area contributed by atoms with Gasteiger partial charge in [0.15, 0.2) is 17.5 Å². The lowest BCUT2D eigenvalue weighted by Crippen LogP contribution is -2.37. The average Bonchev–Trinajstić information content (AvgIpc) is 3.32. The van der Waals surface area contributed by atoms with Crippen molar-refractivity contribution in [3.05, 3.63) is 35.5 Å². The molecular formula is C21H27F3N4O2. The van der Waals surface area contributed by atoms with E-state index in [2.05, 4.69) is 15.3 Å². The van der Waals surface area contributed by atoms with Crippen molar-refractivity contribution >= 4 is 5.82 Å². The van der Waals surface area contributed by atoms with E-state index >= 15 is 0 Å². The van der Waals surface area contributed by atoms with Gasteiger partial charge in [-0.1, -0.05) is 12.1 Å². The third-order valence-electron chi connectivity index (χ3n) is 5.96. The van der Waals surface area contributed by atoms with Gasteiger partial charge in [0.05, 0.1) is 26.0 Å². The van der Waals surface area contributed by atoms with E-state index in [1.807, 2.05) is 18.2 Å². The van der Waals surface area contributed by atoms with Crippen molar-refractivity contribution in [1.29, 1.82) is 0 Å². The number of halogens is 3. The molecule has 0 bridgehead atoms. The Hall–Kier alpha value is -2.42. The molecule has 6 nitrogen and oxygen atoms in total. The van der Waals surface area contributed by atoms with Crippen LogP contribution in [0, 0.1) is 0 Å². The minimum absolute atomic E-state index is 0.0208. The first kappa shape index (κ1) is 20.8. The van der Waals surface area contributed by atoms with Crippen LogP contribution in [0.5, 0.6) is 11.5 Å². The fourth-order valence-electron chi connectivity index (χ4n) is 4.59. The molecule has 0 amide bonds. The number of para-hydroxylation sites is 1. The van der Waals surface area contributed by atoms with Crippen molar-refractivity contribution in [2.24, 2.45) is 0 Å². The minimum atomic E-state index is -4.32. The van der Waals surface area contributed by atoms with Gasteiger partial charge in [0, 0.05) is 24.2 Å². The number of fused-ring (bicyclic) bond motifs is 1. The first-order valence-corrected chi connectivity index (χ1v) is 10.2. The number of hydrogen-bond acceptors (Lipinski definition) is 5. The van der Waals surface area contributed by atoms with Crippen molar-refractivity contribution in [3.8, 4) is 11.5 Å². The molecule has 4 rings (SSSR count). The molecule has 2 aromatic rings. The largest absolute Gasteiger partial charge is 0.493 e. The molecule has 1 unspecified atom stereocenters. The maximum Gasteiger partial charge on any atom is 0.410 e. The van der Waals surface area contributed by atoms with Crippen LogP contribution in [0.15, 0.2) is 24.3 Å². The average molecular weight is 424 g/mol. The maximum atomic E-state index is 13.6. The summed E-state index contributed by atoms with van der Waals surface area (Å²) in [6, 6.07) is 5.64. The number of ether oxygens (including phenoxy) is 2. The summed E-state index contributed by atoms with van der Waals surface area (Å²) < 4.78 is 52.8. The van der Waals surface area contributed by atoms with Crippen molar-refractivity contribution in [2.45, 2.75) is 57.0 Å². The highest BCUT2D eigenvalue weighted by Gasteiger charge is 2.46. The van der Waals surface area contributed by atoms with Gasteiger partial charge < -0.3 is 14.8 Å². The number of aromatic nitrogens is 2. The second-order valence-corrected chi connectivity index (χ2v) is 8.02. The number of alkyl halides is 3. The summed E-state index contributed by atoms with van der Waals surface area (Å²) in [4.78, 5) is 2.25. The third kappa shape index (κ3) is 3.82. The van der Waals surface area contributed by atoms with Crippen LogP contribution in [0.25, 0.3) is 0 Å². The van der Waals surface area contributed by atoms with E-state index in [0.29, 0.717) is 29.6 Å². The molecule has 3 atom stereocenters. The van der Waals surface area contributed by atoms with E-state index in [1.54, 1.807) is 27.2 Å². The van der Waals surface area contributed by atoms with Crippen molar-refractivity contribution < 1.29 is 22.6 Å². The lowest BCUT2D eigenvalue weighted by molar-refractivity contribution is -0.173. The van der Waals surface area contributed by atoms with E-state index in [-0.39, 0.29) is 18.5 Å². The van der Waals surface area contributed by atoms with Gasteiger partial charge in [-0.05, 0) is 38.8 Å². The van der Waals surface area contributed by atoms with E-state index in [0.717, 1.165) is 29.6 Å². The molecule has 2 aliphatic heterocycles. The Bertz CT molecular complexity index is 899. The molecule has 0 radical (unpaired) electrons. The Morgan fingerprint density at radius 1 is 1.23 bits per heavy atom. The van der Waals surface area contributed by atoms with Crippen LogP contribution in [0.1, 0.15) is 49.5 Å². The second-order valence-electron chi connectivity index (χ2n) is 8.02. The SMILES string of the molecule is COc1cccc(CN2CCCC2c2cc3n(n2)[C@@H](C(F)(F)F)C[C@@H](C)N3)c1OC. The van der Waals surface area contributed by atoms with E-state index in [9.17, 15) is 13.2 Å². The predicted octanol–water partition coefficient (Wildman–Crippen LogP) is 4.54. The molecule has 0 saturated carbocycles. The zero-order valence-electron chi connectivity index (χ0n) is 17.4. The molecule has 30 heavy (non-hydrogen) atoms. The van der Waals surface area contributed by atoms with Gasteiger partial charge in [0.25, 0.3) is 0 Å². The molecular weight excluding hydrogens is 397 g/mol. The lowest BCUT2D eigenvalue weighted by Gasteiger charge is -2.31. The molecule has 0 spiro atoms. The standard InChI is InChI=1S/C21H27F3N4O2/c1-13-10-18(21(22,23)24)28-19(25-13)11-15(26-28)16-7-5-9-27(16)12-14-6-4-8-17(29-2)20(14)30-3/h4,6,8,11,13,16,18,25H,5,7,9-10,12H2,1-3H3/t13-,16?,18-/m1/s1. The number of anilines is 1. The zero-order valence-corrected chi connectivity index (χ0v) is 17.4. The molecule has 2 aliphatic rings. The highest BCUT2D eigenvalue weighted by atomic mass is 19.4. The molecule has 164 valence electrons. The highest BCUT2D eigenvalue weighted by Crippen LogP contribution is 2.42. The van der Waals surface area contributed by atoms with Crippen molar-refractivity contribution in [3.63, 3.8) is 0 Å². The Morgan fingerprint density at radius 2 is 2.03 bits per heavy atom.